The van der Waals surface area contributed by atoms with Gasteiger partial charge in [0.05, 0.1) is 0 Å². The Kier molecular flexibility index (Phi) is 5.23. The van der Waals surface area contributed by atoms with Gasteiger partial charge in [-0.1, -0.05) is 31.2 Å². The van der Waals surface area contributed by atoms with Crippen molar-refractivity contribution >= 4 is 17.3 Å². The minimum atomic E-state index is -0.234. The first-order valence-corrected chi connectivity index (χ1v) is 8.32. The normalized spacial score (nSPS) is 10.5. The second-order valence-corrected chi connectivity index (χ2v) is 5.84. The highest BCUT2D eigenvalue weighted by molar-refractivity contribution is 5.59. The molecule has 128 valence electrons. The number of halogens is 1. The second kappa shape index (κ2) is 7.75. The van der Waals surface area contributed by atoms with Gasteiger partial charge in [-0.25, -0.2) is 14.4 Å². The molecule has 0 aliphatic heterocycles. The summed E-state index contributed by atoms with van der Waals surface area (Å²) in [6.45, 7) is 4.56. The van der Waals surface area contributed by atoms with Gasteiger partial charge in [0.1, 0.15) is 23.3 Å². The number of aromatic nitrogens is 2. The van der Waals surface area contributed by atoms with Crippen LogP contribution in [0.1, 0.15) is 23.9 Å². The predicted molar refractivity (Wildman–Crippen MR) is 99.6 cm³/mol. The maximum Gasteiger partial charge on any atom is 0.136 e. The Balaban J connectivity index is 1.69. The van der Waals surface area contributed by atoms with Crippen molar-refractivity contribution in [3.05, 3.63) is 77.4 Å². The highest BCUT2D eigenvalue weighted by atomic mass is 19.1. The third kappa shape index (κ3) is 4.76. The minimum Gasteiger partial charge on any atom is -0.366 e. The number of anilines is 3. The Morgan fingerprint density at radius 3 is 2.20 bits per heavy atom. The van der Waals surface area contributed by atoms with E-state index in [4.69, 9.17) is 0 Å². The lowest BCUT2D eigenvalue weighted by Gasteiger charge is -2.11. The molecule has 0 aliphatic carbocycles. The van der Waals surface area contributed by atoms with Crippen molar-refractivity contribution in [2.24, 2.45) is 0 Å². The molecule has 0 spiro atoms. The van der Waals surface area contributed by atoms with Crippen molar-refractivity contribution in [2.45, 2.75) is 26.8 Å². The van der Waals surface area contributed by atoms with Crippen LogP contribution in [0.25, 0.3) is 0 Å². The SMILES string of the molecule is CCc1ccc(Nc2cc(NCc3ccc(F)cc3)nc(C)n2)cc1. The van der Waals surface area contributed by atoms with E-state index in [0.717, 1.165) is 29.3 Å². The highest BCUT2D eigenvalue weighted by Gasteiger charge is 2.03. The van der Waals surface area contributed by atoms with Gasteiger partial charge in [-0.05, 0) is 48.7 Å². The molecule has 1 aromatic heterocycles. The Bertz CT molecular complexity index is 829. The fraction of sp³-hybridized carbons (Fsp3) is 0.200. The molecule has 0 bridgehead atoms. The summed E-state index contributed by atoms with van der Waals surface area (Å²) in [6, 6.07) is 16.6. The van der Waals surface area contributed by atoms with Crippen molar-refractivity contribution in [3.8, 4) is 0 Å². The molecule has 0 fully saturated rings. The number of aryl methyl sites for hydroxylation is 2. The van der Waals surface area contributed by atoms with Gasteiger partial charge in [0.15, 0.2) is 0 Å². The average Bonchev–Trinajstić information content (AvgIpc) is 2.61. The summed E-state index contributed by atoms with van der Waals surface area (Å²) >= 11 is 0. The van der Waals surface area contributed by atoms with E-state index in [-0.39, 0.29) is 5.82 Å². The Morgan fingerprint density at radius 1 is 0.880 bits per heavy atom. The lowest BCUT2D eigenvalue weighted by atomic mass is 10.1. The van der Waals surface area contributed by atoms with Crippen LogP contribution in [-0.2, 0) is 13.0 Å². The third-order valence-corrected chi connectivity index (χ3v) is 3.86. The number of hydrogen-bond donors (Lipinski definition) is 2. The average molecular weight is 336 g/mol. The highest BCUT2D eigenvalue weighted by Crippen LogP contribution is 2.18. The molecule has 0 amide bonds. The van der Waals surface area contributed by atoms with Gasteiger partial charge in [0.2, 0.25) is 0 Å². The predicted octanol–water partition coefficient (Wildman–Crippen LogP) is 4.84. The van der Waals surface area contributed by atoms with Gasteiger partial charge in [-0.15, -0.1) is 0 Å². The maximum atomic E-state index is 13.0. The molecule has 3 rings (SSSR count). The fourth-order valence-electron chi connectivity index (χ4n) is 2.49. The summed E-state index contributed by atoms with van der Waals surface area (Å²) in [5, 5.41) is 6.55. The van der Waals surface area contributed by atoms with E-state index in [1.54, 1.807) is 12.1 Å². The molecule has 1 heterocycles. The number of benzene rings is 2. The molecule has 5 heteroatoms. The van der Waals surface area contributed by atoms with E-state index >= 15 is 0 Å². The zero-order chi connectivity index (χ0) is 17.6. The van der Waals surface area contributed by atoms with Gasteiger partial charge >= 0.3 is 0 Å². The quantitative estimate of drug-likeness (QED) is 0.676. The summed E-state index contributed by atoms with van der Waals surface area (Å²) in [5.41, 5.74) is 3.27. The van der Waals surface area contributed by atoms with Crippen LogP contribution >= 0.6 is 0 Å². The van der Waals surface area contributed by atoms with E-state index in [1.807, 2.05) is 25.1 Å². The Morgan fingerprint density at radius 2 is 1.52 bits per heavy atom. The largest absolute Gasteiger partial charge is 0.366 e. The van der Waals surface area contributed by atoms with Crippen molar-refractivity contribution < 1.29 is 4.39 Å². The zero-order valence-corrected chi connectivity index (χ0v) is 14.4. The van der Waals surface area contributed by atoms with Crippen molar-refractivity contribution in [1.82, 2.24) is 9.97 Å². The van der Waals surface area contributed by atoms with Crippen molar-refractivity contribution in [2.75, 3.05) is 10.6 Å². The van der Waals surface area contributed by atoms with Crippen molar-refractivity contribution in [3.63, 3.8) is 0 Å². The second-order valence-electron chi connectivity index (χ2n) is 5.84. The lowest BCUT2D eigenvalue weighted by Crippen LogP contribution is -2.05. The molecule has 4 nitrogen and oxygen atoms in total. The monoisotopic (exact) mass is 336 g/mol. The van der Waals surface area contributed by atoms with Crippen LogP contribution in [0.2, 0.25) is 0 Å². The first kappa shape index (κ1) is 16.9. The molecule has 0 saturated carbocycles. The molecule has 0 atom stereocenters. The molecular formula is C20H21FN4. The van der Waals surface area contributed by atoms with E-state index in [9.17, 15) is 4.39 Å². The van der Waals surface area contributed by atoms with Crippen LogP contribution in [0.4, 0.5) is 21.7 Å². The van der Waals surface area contributed by atoms with Crippen molar-refractivity contribution in [1.29, 1.82) is 0 Å². The summed E-state index contributed by atoms with van der Waals surface area (Å²) in [6.07, 6.45) is 1.02. The Labute approximate surface area is 147 Å². The summed E-state index contributed by atoms with van der Waals surface area (Å²) in [5.74, 6) is 1.90. The number of nitrogens with zero attached hydrogens (tertiary/aromatic N) is 2. The van der Waals surface area contributed by atoms with Gasteiger partial charge < -0.3 is 10.6 Å². The lowest BCUT2D eigenvalue weighted by molar-refractivity contribution is 0.627. The van der Waals surface area contributed by atoms with E-state index in [0.29, 0.717) is 12.4 Å². The number of hydrogen-bond acceptors (Lipinski definition) is 4. The molecule has 0 unspecified atom stereocenters. The fourth-order valence-corrected chi connectivity index (χ4v) is 2.49. The molecule has 25 heavy (non-hydrogen) atoms. The van der Waals surface area contributed by atoms with E-state index in [2.05, 4.69) is 39.7 Å². The minimum absolute atomic E-state index is 0.234. The van der Waals surface area contributed by atoms with Crippen LogP contribution in [-0.4, -0.2) is 9.97 Å². The van der Waals surface area contributed by atoms with Crippen LogP contribution in [0.3, 0.4) is 0 Å². The molecular weight excluding hydrogens is 315 g/mol. The standard InChI is InChI=1S/C20H21FN4/c1-3-15-6-10-18(11-7-15)25-20-12-19(23-14(2)24-20)22-13-16-4-8-17(21)9-5-16/h4-12H,3,13H2,1-2H3,(H2,22,23,24,25). The summed E-state index contributed by atoms with van der Waals surface area (Å²) in [7, 11) is 0. The molecule has 0 aliphatic rings. The maximum absolute atomic E-state index is 13.0. The zero-order valence-electron chi connectivity index (χ0n) is 14.4. The van der Waals surface area contributed by atoms with Crippen LogP contribution in [0, 0.1) is 12.7 Å². The molecule has 2 N–H and O–H groups in total. The van der Waals surface area contributed by atoms with E-state index in [1.165, 1.54) is 17.7 Å². The van der Waals surface area contributed by atoms with Crippen LogP contribution in [0.5, 0.6) is 0 Å². The van der Waals surface area contributed by atoms with Gasteiger partial charge in [0.25, 0.3) is 0 Å². The van der Waals surface area contributed by atoms with Gasteiger partial charge in [-0.2, -0.15) is 0 Å². The molecule has 0 radical (unpaired) electrons. The third-order valence-electron chi connectivity index (χ3n) is 3.86. The Hall–Kier alpha value is -2.95. The van der Waals surface area contributed by atoms with Gasteiger partial charge in [0, 0.05) is 18.3 Å². The first-order chi connectivity index (χ1) is 12.1. The smallest absolute Gasteiger partial charge is 0.136 e. The van der Waals surface area contributed by atoms with E-state index < -0.39 is 0 Å². The number of rotatable bonds is 6. The topological polar surface area (TPSA) is 49.8 Å². The van der Waals surface area contributed by atoms with Gasteiger partial charge in [-0.3, -0.25) is 0 Å². The molecule has 3 aromatic rings. The van der Waals surface area contributed by atoms with Crippen LogP contribution in [0.15, 0.2) is 54.6 Å². The number of nitrogens with one attached hydrogen (secondary N) is 2. The van der Waals surface area contributed by atoms with Crippen LogP contribution < -0.4 is 10.6 Å². The molecule has 2 aromatic carbocycles. The first-order valence-electron chi connectivity index (χ1n) is 8.32. The summed E-state index contributed by atoms with van der Waals surface area (Å²) in [4.78, 5) is 8.83. The molecule has 0 saturated heterocycles. The summed E-state index contributed by atoms with van der Waals surface area (Å²) < 4.78 is 13.0.